The second-order valence-electron chi connectivity index (χ2n) is 2.20. The van der Waals surface area contributed by atoms with Crippen LogP contribution in [0, 0.1) is 0 Å². The molecule has 4 nitrogen and oxygen atoms in total. The Bertz CT molecular complexity index is 104. The Morgan fingerprint density at radius 1 is 1.60 bits per heavy atom. The predicted octanol–water partition coefficient (Wildman–Crippen LogP) is -0.360. The summed E-state index contributed by atoms with van der Waals surface area (Å²) in [7, 11) is 3.35. The van der Waals surface area contributed by atoms with Crippen LogP contribution in [0.3, 0.4) is 0 Å². The Kier molecular flexibility index (Phi) is 4.66. The van der Waals surface area contributed by atoms with Crippen molar-refractivity contribution in [3.63, 3.8) is 0 Å². The summed E-state index contributed by atoms with van der Waals surface area (Å²) in [5.74, 6) is 0. The average molecular weight is 146 g/mol. The maximum atomic E-state index is 10.8. The van der Waals surface area contributed by atoms with Crippen LogP contribution in [-0.2, 0) is 0 Å². The van der Waals surface area contributed by atoms with Crippen molar-refractivity contribution in [1.29, 1.82) is 0 Å². The molecular formula is C6H14N2O2. The highest BCUT2D eigenvalue weighted by atomic mass is 16.3. The van der Waals surface area contributed by atoms with Crippen molar-refractivity contribution < 1.29 is 9.90 Å². The molecule has 0 aromatic rings. The van der Waals surface area contributed by atoms with Crippen LogP contribution in [0.25, 0.3) is 0 Å². The van der Waals surface area contributed by atoms with E-state index in [1.807, 2.05) is 0 Å². The van der Waals surface area contributed by atoms with Gasteiger partial charge in [-0.1, -0.05) is 0 Å². The first-order chi connectivity index (χ1) is 4.68. The third-order valence-corrected chi connectivity index (χ3v) is 1.02. The maximum absolute atomic E-state index is 10.8. The summed E-state index contributed by atoms with van der Waals surface area (Å²) < 4.78 is 0. The van der Waals surface area contributed by atoms with Crippen LogP contribution in [-0.4, -0.2) is 43.3 Å². The molecule has 0 unspecified atom stereocenters. The van der Waals surface area contributed by atoms with E-state index in [1.165, 1.54) is 4.90 Å². The minimum absolute atomic E-state index is 0.117. The van der Waals surface area contributed by atoms with E-state index in [0.29, 0.717) is 13.0 Å². The molecule has 0 atom stereocenters. The Morgan fingerprint density at radius 2 is 2.20 bits per heavy atom. The van der Waals surface area contributed by atoms with E-state index in [0.717, 1.165) is 0 Å². The third-order valence-electron chi connectivity index (χ3n) is 1.02. The van der Waals surface area contributed by atoms with Crippen molar-refractivity contribution in [2.24, 2.45) is 0 Å². The molecule has 0 saturated heterocycles. The number of urea groups is 1. The second kappa shape index (κ2) is 5.05. The van der Waals surface area contributed by atoms with Gasteiger partial charge in [-0.25, -0.2) is 4.79 Å². The summed E-state index contributed by atoms with van der Waals surface area (Å²) in [5, 5.41) is 11.0. The Morgan fingerprint density at radius 3 is 2.60 bits per heavy atom. The normalized spacial score (nSPS) is 9.10. The van der Waals surface area contributed by atoms with Crippen LogP contribution in [0.15, 0.2) is 0 Å². The van der Waals surface area contributed by atoms with Gasteiger partial charge in [-0.05, 0) is 6.42 Å². The first-order valence-corrected chi connectivity index (χ1v) is 3.24. The molecule has 0 aromatic heterocycles. The van der Waals surface area contributed by atoms with Gasteiger partial charge >= 0.3 is 6.03 Å². The number of nitrogens with zero attached hydrogens (tertiary/aromatic N) is 1. The Labute approximate surface area is 60.8 Å². The summed E-state index contributed by atoms with van der Waals surface area (Å²) in [6.07, 6.45) is 0.611. The Hall–Kier alpha value is -0.770. The highest BCUT2D eigenvalue weighted by Gasteiger charge is 1.99. The monoisotopic (exact) mass is 146 g/mol. The van der Waals surface area contributed by atoms with Crippen molar-refractivity contribution in [1.82, 2.24) is 10.2 Å². The van der Waals surface area contributed by atoms with Crippen molar-refractivity contribution in [3.05, 3.63) is 0 Å². The Balaban J connectivity index is 3.22. The van der Waals surface area contributed by atoms with Gasteiger partial charge in [-0.2, -0.15) is 0 Å². The molecular weight excluding hydrogens is 132 g/mol. The van der Waals surface area contributed by atoms with Crippen LogP contribution in [0.2, 0.25) is 0 Å². The van der Waals surface area contributed by atoms with E-state index in [4.69, 9.17) is 5.11 Å². The van der Waals surface area contributed by atoms with E-state index in [9.17, 15) is 4.79 Å². The summed E-state index contributed by atoms with van der Waals surface area (Å²) >= 11 is 0. The molecule has 0 bridgehead atoms. The van der Waals surface area contributed by atoms with Crippen LogP contribution >= 0.6 is 0 Å². The number of hydrogen-bond donors (Lipinski definition) is 2. The predicted molar refractivity (Wildman–Crippen MR) is 38.8 cm³/mol. The van der Waals surface area contributed by atoms with Gasteiger partial charge < -0.3 is 15.3 Å². The van der Waals surface area contributed by atoms with E-state index < -0.39 is 0 Å². The molecule has 2 amide bonds. The van der Waals surface area contributed by atoms with Gasteiger partial charge in [-0.3, -0.25) is 0 Å². The van der Waals surface area contributed by atoms with Gasteiger partial charge in [0.05, 0.1) is 0 Å². The molecule has 0 aliphatic carbocycles. The molecule has 0 fully saturated rings. The van der Waals surface area contributed by atoms with Crippen molar-refractivity contribution in [2.75, 3.05) is 27.2 Å². The largest absolute Gasteiger partial charge is 0.396 e. The fraction of sp³-hybridized carbons (Fsp3) is 0.833. The molecule has 0 radical (unpaired) electrons. The van der Waals surface area contributed by atoms with Crippen LogP contribution < -0.4 is 5.32 Å². The maximum Gasteiger partial charge on any atom is 0.316 e. The van der Waals surface area contributed by atoms with Gasteiger partial charge in [0.1, 0.15) is 0 Å². The molecule has 0 spiro atoms. The van der Waals surface area contributed by atoms with Crippen LogP contribution in [0.1, 0.15) is 6.42 Å². The number of amides is 2. The zero-order valence-electron chi connectivity index (χ0n) is 6.42. The second-order valence-corrected chi connectivity index (χ2v) is 2.20. The smallest absolute Gasteiger partial charge is 0.316 e. The van der Waals surface area contributed by atoms with Crippen LogP contribution in [0.5, 0.6) is 0 Å². The van der Waals surface area contributed by atoms with E-state index in [-0.39, 0.29) is 12.6 Å². The summed E-state index contributed by atoms with van der Waals surface area (Å²) in [6, 6.07) is -0.117. The lowest BCUT2D eigenvalue weighted by atomic mass is 10.4. The molecule has 0 rings (SSSR count). The van der Waals surface area contributed by atoms with Gasteiger partial charge in [-0.15, -0.1) is 0 Å². The lowest BCUT2D eigenvalue weighted by molar-refractivity contribution is 0.215. The lowest BCUT2D eigenvalue weighted by Crippen LogP contribution is -2.35. The standard InChI is InChI=1S/C6H14N2O2/c1-8(2)6(10)7-4-3-5-9/h9H,3-5H2,1-2H3,(H,7,10). The van der Waals surface area contributed by atoms with Crippen LogP contribution in [0.4, 0.5) is 4.79 Å². The van der Waals surface area contributed by atoms with E-state index >= 15 is 0 Å². The number of rotatable bonds is 3. The van der Waals surface area contributed by atoms with E-state index in [2.05, 4.69) is 5.32 Å². The van der Waals surface area contributed by atoms with Gasteiger partial charge in [0, 0.05) is 27.2 Å². The minimum Gasteiger partial charge on any atom is -0.396 e. The molecule has 10 heavy (non-hydrogen) atoms. The fourth-order valence-electron chi connectivity index (χ4n) is 0.432. The van der Waals surface area contributed by atoms with E-state index in [1.54, 1.807) is 14.1 Å². The molecule has 0 aliphatic heterocycles. The number of carbonyl (C=O) groups excluding carboxylic acids is 1. The first-order valence-electron chi connectivity index (χ1n) is 3.24. The molecule has 60 valence electrons. The highest BCUT2D eigenvalue weighted by Crippen LogP contribution is 1.77. The van der Waals surface area contributed by atoms with Gasteiger partial charge in [0.25, 0.3) is 0 Å². The fourth-order valence-corrected chi connectivity index (χ4v) is 0.432. The summed E-state index contributed by atoms with van der Waals surface area (Å²) in [5.41, 5.74) is 0. The highest BCUT2D eigenvalue weighted by molar-refractivity contribution is 5.73. The number of aliphatic hydroxyl groups excluding tert-OH is 1. The number of hydrogen-bond acceptors (Lipinski definition) is 2. The molecule has 0 aliphatic rings. The molecule has 0 heterocycles. The van der Waals surface area contributed by atoms with Gasteiger partial charge in [0.2, 0.25) is 0 Å². The number of aliphatic hydroxyl groups is 1. The average Bonchev–Trinajstić information content (AvgIpc) is 1.88. The van der Waals surface area contributed by atoms with Crippen molar-refractivity contribution in [2.45, 2.75) is 6.42 Å². The summed E-state index contributed by atoms with van der Waals surface area (Å²) in [4.78, 5) is 12.2. The minimum atomic E-state index is -0.117. The molecule has 4 heteroatoms. The molecule has 0 aromatic carbocycles. The quantitative estimate of drug-likeness (QED) is 0.534. The van der Waals surface area contributed by atoms with Gasteiger partial charge in [0.15, 0.2) is 0 Å². The van der Waals surface area contributed by atoms with Crippen molar-refractivity contribution >= 4 is 6.03 Å². The zero-order chi connectivity index (χ0) is 7.98. The summed E-state index contributed by atoms with van der Waals surface area (Å²) in [6.45, 7) is 0.654. The molecule has 2 N–H and O–H groups in total. The van der Waals surface area contributed by atoms with Crippen molar-refractivity contribution in [3.8, 4) is 0 Å². The number of carbonyl (C=O) groups is 1. The lowest BCUT2D eigenvalue weighted by Gasteiger charge is -2.10. The molecule has 0 saturated carbocycles. The zero-order valence-corrected chi connectivity index (χ0v) is 6.42. The SMILES string of the molecule is CN(C)C(=O)NCCCO. The topological polar surface area (TPSA) is 52.6 Å². The first kappa shape index (κ1) is 9.23. The number of nitrogens with one attached hydrogen (secondary N) is 1. The third kappa shape index (κ3) is 4.14.